The molecule has 2 fully saturated rings. The van der Waals surface area contributed by atoms with Gasteiger partial charge >= 0.3 is 0 Å². The molecule has 1 aromatic rings. The van der Waals surface area contributed by atoms with Crippen molar-refractivity contribution in [2.75, 3.05) is 39.8 Å². The summed E-state index contributed by atoms with van der Waals surface area (Å²) in [7, 11) is 2.25. The molecule has 3 nitrogen and oxygen atoms in total. The number of hydrogen-bond acceptors (Lipinski definition) is 3. The number of likely N-dealkylation sites (tertiary alicyclic amines) is 2. The third-order valence-corrected chi connectivity index (χ3v) is 6.05. The summed E-state index contributed by atoms with van der Waals surface area (Å²) in [5.74, 6) is 0. The highest BCUT2D eigenvalue weighted by Crippen LogP contribution is 2.25. The van der Waals surface area contributed by atoms with Crippen LogP contribution in [0.5, 0.6) is 0 Å². The fraction of sp³-hybridized carbons (Fsp3) is 0.727. The molecule has 1 unspecified atom stereocenters. The van der Waals surface area contributed by atoms with Gasteiger partial charge in [-0.25, -0.2) is 0 Å². The van der Waals surface area contributed by atoms with Crippen LogP contribution >= 0.6 is 0 Å². The van der Waals surface area contributed by atoms with E-state index >= 15 is 0 Å². The lowest BCUT2D eigenvalue weighted by Gasteiger charge is -2.34. The smallest absolute Gasteiger partial charge is 0.0240 e. The van der Waals surface area contributed by atoms with Crippen molar-refractivity contribution in [1.82, 2.24) is 14.7 Å². The molecule has 0 amide bonds. The first kappa shape index (κ1) is 18.9. The highest BCUT2D eigenvalue weighted by atomic mass is 15.2. The van der Waals surface area contributed by atoms with Gasteiger partial charge in [0.2, 0.25) is 0 Å². The number of piperidine rings is 1. The summed E-state index contributed by atoms with van der Waals surface area (Å²) in [4.78, 5) is 7.83. The number of nitrogens with zero attached hydrogens (tertiary/aromatic N) is 3. The van der Waals surface area contributed by atoms with Crippen LogP contribution in [0.2, 0.25) is 0 Å². The van der Waals surface area contributed by atoms with Crippen molar-refractivity contribution in [1.29, 1.82) is 0 Å². The summed E-state index contributed by atoms with van der Waals surface area (Å²) in [6.45, 7) is 12.7. The molecule has 0 radical (unpaired) electrons. The summed E-state index contributed by atoms with van der Waals surface area (Å²) < 4.78 is 0. The Kier molecular flexibility index (Phi) is 6.92. The molecular formula is C22H37N3. The van der Waals surface area contributed by atoms with Gasteiger partial charge in [-0.3, -0.25) is 9.80 Å². The molecule has 25 heavy (non-hydrogen) atoms. The van der Waals surface area contributed by atoms with Crippen molar-refractivity contribution in [2.45, 2.75) is 65.1 Å². The van der Waals surface area contributed by atoms with Gasteiger partial charge in [0.05, 0.1) is 0 Å². The number of fused-ring (bicyclic) bond motifs is 1. The fourth-order valence-corrected chi connectivity index (χ4v) is 4.62. The van der Waals surface area contributed by atoms with Crippen molar-refractivity contribution in [3.05, 3.63) is 34.9 Å². The zero-order chi connectivity index (χ0) is 17.6. The lowest BCUT2D eigenvalue weighted by Crippen LogP contribution is -2.40. The van der Waals surface area contributed by atoms with Crippen LogP contribution < -0.4 is 0 Å². The van der Waals surface area contributed by atoms with Crippen LogP contribution in [0.3, 0.4) is 0 Å². The third kappa shape index (κ3) is 4.84. The number of likely N-dealkylation sites (N-methyl/N-ethyl adjacent to an activating group) is 1. The van der Waals surface area contributed by atoms with Gasteiger partial charge in [0.25, 0.3) is 0 Å². The molecular weight excluding hydrogens is 306 g/mol. The van der Waals surface area contributed by atoms with Gasteiger partial charge < -0.3 is 4.90 Å². The lowest BCUT2D eigenvalue weighted by molar-refractivity contribution is 0.180. The van der Waals surface area contributed by atoms with Crippen LogP contribution in [0.25, 0.3) is 0 Å². The van der Waals surface area contributed by atoms with Gasteiger partial charge in [-0.15, -0.1) is 0 Å². The zero-order valence-electron chi connectivity index (χ0n) is 16.6. The van der Waals surface area contributed by atoms with Gasteiger partial charge in [0, 0.05) is 32.2 Å². The second-order valence-corrected chi connectivity index (χ2v) is 7.87. The van der Waals surface area contributed by atoms with E-state index in [0.29, 0.717) is 0 Å². The normalized spacial score (nSPS) is 25.3. The molecule has 4 rings (SSSR count). The van der Waals surface area contributed by atoms with Crippen LogP contribution in [0, 0.1) is 0 Å². The third-order valence-electron chi connectivity index (χ3n) is 6.05. The summed E-state index contributed by atoms with van der Waals surface area (Å²) in [5.41, 5.74) is 4.72. The van der Waals surface area contributed by atoms with Crippen molar-refractivity contribution < 1.29 is 0 Å². The quantitative estimate of drug-likeness (QED) is 0.827. The maximum Gasteiger partial charge on any atom is 0.0240 e. The molecule has 3 aliphatic heterocycles. The van der Waals surface area contributed by atoms with Gasteiger partial charge in [-0.05, 0) is 69.1 Å². The Hall–Kier alpha value is -0.900. The molecule has 0 aromatic heterocycles. The van der Waals surface area contributed by atoms with Crippen LogP contribution in [0.15, 0.2) is 18.2 Å². The summed E-state index contributed by atoms with van der Waals surface area (Å²) in [6, 6.07) is 8.08. The van der Waals surface area contributed by atoms with E-state index in [9.17, 15) is 0 Å². The minimum absolute atomic E-state index is 0.779. The van der Waals surface area contributed by atoms with E-state index in [1.165, 1.54) is 70.4 Å². The predicted octanol–water partition coefficient (Wildman–Crippen LogP) is 3.76. The van der Waals surface area contributed by atoms with Crippen molar-refractivity contribution >= 4 is 0 Å². The van der Waals surface area contributed by atoms with Gasteiger partial charge in [0.1, 0.15) is 0 Å². The summed E-state index contributed by atoms with van der Waals surface area (Å²) >= 11 is 0. The minimum atomic E-state index is 0.779. The SMILES string of the molecule is CC.CN1CCC(N2CCc3cc(CN4CCCCC4)ccc3C2)C1. The maximum atomic E-state index is 2.72. The molecule has 1 atom stereocenters. The van der Waals surface area contributed by atoms with E-state index in [4.69, 9.17) is 0 Å². The molecule has 3 heteroatoms. The Morgan fingerprint density at radius 3 is 2.48 bits per heavy atom. The Morgan fingerprint density at radius 2 is 1.76 bits per heavy atom. The molecule has 0 aliphatic carbocycles. The Morgan fingerprint density at radius 1 is 0.960 bits per heavy atom. The molecule has 1 aromatic carbocycles. The lowest BCUT2D eigenvalue weighted by atomic mass is 9.95. The van der Waals surface area contributed by atoms with Crippen molar-refractivity contribution in [3.8, 4) is 0 Å². The highest BCUT2D eigenvalue weighted by molar-refractivity contribution is 5.34. The second-order valence-electron chi connectivity index (χ2n) is 7.87. The average Bonchev–Trinajstić information content (AvgIpc) is 3.10. The highest BCUT2D eigenvalue weighted by Gasteiger charge is 2.28. The number of rotatable bonds is 3. The van der Waals surface area contributed by atoms with E-state index in [0.717, 1.165) is 19.1 Å². The largest absolute Gasteiger partial charge is 0.305 e. The zero-order valence-corrected chi connectivity index (χ0v) is 16.6. The molecule has 0 N–H and O–H groups in total. The van der Waals surface area contributed by atoms with Gasteiger partial charge in [0.15, 0.2) is 0 Å². The molecule has 2 saturated heterocycles. The Balaban J connectivity index is 0.000000880. The molecule has 3 aliphatic rings. The average molecular weight is 344 g/mol. The minimum Gasteiger partial charge on any atom is -0.305 e. The first-order valence-corrected chi connectivity index (χ1v) is 10.5. The molecule has 0 bridgehead atoms. The van der Waals surface area contributed by atoms with Crippen molar-refractivity contribution in [2.24, 2.45) is 0 Å². The summed E-state index contributed by atoms with van der Waals surface area (Å²) in [6.07, 6.45) is 6.78. The van der Waals surface area contributed by atoms with Crippen LogP contribution in [-0.2, 0) is 19.5 Å². The molecule has 3 heterocycles. The van der Waals surface area contributed by atoms with E-state index in [2.05, 4.69) is 39.9 Å². The maximum absolute atomic E-state index is 2.72. The second kappa shape index (κ2) is 9.16. The van der Waals surface area contributed by atoms with Gasteiger partial charge in [-0.2, -0.15) is 0 Å². The van der Waals surface area contributed by atoms with E-state index in [1.54, 1.807) is 11.1 Å². The molecule has 0 saturated carbocycles. The van der Waals surface area contributed by atoms with Gasteiger partial charge in [-0.1, -0.05) is 38.5 Å². The van der Waals surface area contributed by atoms with Crippen LogP contribution in [-0.4, -0.2) is 60.5 Å². The predicted molar refractivity (Wildman–Crippen MR) is 107 cm³/mol. The fourth-order valence-electron chi connectivity index (χ4n) is 4.62. The molecule has 140 valence electrons. The van der Waals surface area contributed by atoms with E-state index < -0.39 is 0 Å². The Bertz CT molecular complexity index is 536. The van der Waals surface area contributed by atoms with E-state index in [-0.39, 0.29) is 0 Å². The first-order chi connectivity index (χ1) is 12.3. The Labute approximate surface area is 155 Å². The monoisotopic (exact) mass is 343 g/mol. The standard InChI is InChI=1S/C20H31N3.C2H6/c1-21-11-8-20(16-21)23-12-7-18-13-17(5-6-19(18)15-23)14-22-9-3-2-4-10-22;1-2/h5-6,13,20H,2-4,7-12,14-16H2,1H3;1-2H3. The topological polar surface area (TPSA) is 9.72 Å². The number of benzene rings is 1. The van der Waals surface area contributed by atoms with E-state index in [1.807, 2.05) is 13.8 Å². The molecule has 0 spiro atoms. The first-order valence-electron chi connectivity index (χ1n) is 10.5. The number of hydrogen-bond donors (Lipinski definition) is 0. The van der Waals surface area contributed by atoms with Crippen LogP contribution in [0.4, 0.5) is 0 Å². The summed E-state index contributed by atoms with van der Waals surface area (Å²) in [5, 5.41) is 0. The van der Waals surface area contributed by atoms with Crippen molar-refractivity contribution in [3.63, 3.8) is 0 Å². The van der Waals surface area contributed by atoms with Crippen LogP contribution in [0.1, 0.15) is 56.2 Å².